The predicted octanol–water partition coefficient (Wildman–Crippen LogP) is 4.84. The Morgan fingerprint density at radius 1 is 0.683 bits per heavy atom. The van der Waals surface area contributed by atoms with Crippen molar-refractivity contribution in [3.05, 3.63) is 108 Å². The van der Waals surface area contributed by atoms with Gasteiger partial charge in [0.15, 0.2) is 0 Å². The van der Waals surface area contributed by atoms with E-state index in [1.807, 2.05) is 0 Å². The summed E-state index contributed by atoms with van der Waals surface area (Å²) in [6.07, 6.45) is 1.87. The van der Waals surface area contributed by atoms with E-state index >= 15 is 0 Å². The Morgan fingerprint density at radius 3 is 1.59 bits per heavy atom. The van der Waals surface area contributed by atoms with Gasteiger partial charge in [-0.05, 0) is 55.0 Å². The molecule has 0 aliphatic heterocycles. The molecule has 0 amide bonds. The molecule has 0 saturated heterocycles. The van der Waals surface area contributed by atoms with E-state index in [1.165, 1.54) is 30.3 Å². The highest BCUT2D eigenvalue weighted by atomic mass is 19.1. The summed E-state index contributed by atoms with van der Waals surface area (Å²) in [5.74, 6) is -5.27. The van der Waals surface area contributed by atoms with Crippen LogP contribution in [-0.4, -0.2) is 37.5 Å². The van der Waals surface area contributed by atoms with Gasteiger partial charge < -0.3 is 28.4 Å². The van der Waals surface area contributed by atoms with Gasteiger partial charge in [-0.15, -0.1) is 0 Å². The average Bonchev–Trinajstić information content (AvgIpc) is 2.94. The van der Waals surface area contributed by atoms with Crippen LogP contribution in [0.25, 0.3) is 0 Å². The number of esters is 4. The van der Waals surface area contributed by atoms with Crippen molar-refractivity contribution in [2.45, 2.75) is 6.92 Å². The lowest BCUT2D eigenvalue weighted by molar-refractivity contribution is -0.145. The fourth-order valence-electron chi connectivity index (χ4n) is 3.05. The summed E-state index contributed by atoms with van der Waals surface area (Å²) in [6.45, 7) is 7.04. The summed E-state index contributed by atoms with van der Waals surface area (Å²) in [7, 11) is 0. The monoisotopic (exact) mass is 568 g/mol. The molecular weight excluding hydrogens is 546 g/mol. The molecule has 0 fully saturated rings. The molecule has 0 aliphatic carbocycles. The molecule has 0 heterocycles. The van der Waals surface area contributed by atoms with Crippen molar-refractivity contribution in [2.75, 3.05) is 13.6 Å². The van der Waals surface area contributed by atoms with Crippen LogP contribution in [0, 0.1) is 18.6 Å². The second-order valence-corrected chi connectivity index (χ2v) is 7.85. The highest BCUT2D eigenvalue weighted by Gasteiger charge is 2.19. The summed E-state index contributed by atoms with van der Waals surface area (Å²) >= 11 is 0. The minimum absolute atomic E-state index is 0.00514. The van der Waals surface area contributed by atoms with Crippen LogP contribution >= 0.6 is 0 Å². The molecule has 0 aliphatic rings. The maximum atomic E-state index is 14.5. The minimum Gasteiger partial charge on any atom is -0.457 e. The molecule has 0 atom stereocenters. The summed E-state index contributed by atoms with van der Waals surface area (Å²) in [4.78, 5) is 47.0. The smallest absolute Gasteiger partial charge is 0.346 e. The Bertz CT molecular complexity index is 1500. The van der Waals surface area contributed by atoms with Crippen molar-refractivity contribution >= 4 is 23.9 Å². The van der Waals surface area contributed by atoms with Gasteiger partial charge in [-0.25, -0.2) is 28.0 Å². The molecule has 0 radical (unpaired) electrons. The van der Waals surface area contributed by atoms with E-state index in [1.54, 1.807) is 6.92 Å². The molecule has 0 spiro atoms. The number of halogens is 2. The molecule has 0 unspecified atom stereocenters. The van der Waals surface area contributed by atoms with Crippen molar-refractivity contribution in [1.82, 2.24) is 0 Å². The molecule has 0 saturated carbocycles. The topological polar surface area (TPSA) is 124 Å². The number of benzene rings is 3. The van der Waals surface area contributed by atoms with Crippen LogP contribution in [0.2, 0.25) is 0 Å². The molecule has 3 aromatic rings. The molecule has 10 nitrogen and oxygen atoms in total. The Hall–Kier alpha value is -5.52. The normalized spacial score (nSPS) is 10.1. The second kappa shape index (κ2) is 14.0. The van der Waals surface area contributed by atoms with Gasteiger partial charge in [0, 0.05) is 24.3 Å². The zero-order chi connectivity index (χ0) is 29.9. The van der Waals surface area contributed by atoms with Crippen molar-refractivity contribution in [1.29, 1.82) is 0 Å². The van der Waals surface area contributed by atoms with Gasteiger partial charge in [0.05, 0.1) is 11.1 Å². The zero-order valence-corrected chi connectivity index (χ0v) is 21.5. The standard InChI is InChI=1S/C29H22F2O10/c1-4-26(32)38-15-36-18-6-9-21(23(30)13-18)28(34)40-20-8-11-25(17(3)12-20)41-29(35)22-10-7-19(14-24(22)31)37-16-39-27(33)5-2/h4-14H,1-2,15-16H2,3H3. The second-order valence-electron chi connectivity index (χ2n) is 7.85. The number of hydrogen-bond acceptors (Lipinski definition) is 10. The third-order valence-corrected chi connectivity index (χ3v) is 5.07. The lowest BCUT2D eigenvalue weighted by atomic mass is 10.2. The number of carbonyl (C=O) groups excluding carboxylic acids is 4. The molecule has 12 heteroatoms. The quantitative estimate of drug-likeness (QED) is 0.130. The molecule has 3 rings (SSSR count). The average molecular weight is 568 g/mol. The van der Waals surface area contributed by atoms with Crippen LogP contribution in [0.3, 0.4) is 0 Å². The maximum Gasteiger partial charge on any atom is 0.346 e. The number of aryl methyl sites for hydroxylation is 1. The number of ether oxygens (including phenoxy) is 6. The number of carbonyl (C=O) groups is 4. The Kier molecular flexibility index (Phi) is 10.3. The van der Waals surface area contributed by atoms with Crippen molar-refractivity contribution < 1.29 is 56.4 Å². The van der Waals surface area contributed by atoms with E-state index in [9.17, 15) is 28.0 Å². The van der Waals surface area contributed by atoms with Crippen LogP contribution in [0.15, 0.2) is 79.9 Å². The molecular formula is C29H22F2O10. The SMILES string of the molecule is C=CC(=O)OCOc1ccc(C(=O)Oc2ccc(OC(=O)c3ccc(OCOC(=O)C=C)cc3F)c(C)c2)c(F)c1. The van der Waals surface area contributed by atoms with Gasteiger partial charge in [-0.2, -0.15) is 0 Å². The Balaban J connectivity index is 1.60. The first-order chi connectivity index (χ1) is 19.6. The maximum absolute atomic E-state index is 14.5. The van der Waals surface area contributed by atoms with Crippen LogP contribution in [0.5, 0.6) is 23.0 Å². The van der Waals surface area contributed by atoms with E-state index < -0.39 is 60.2 Å². The van der Waals surface area contributed by atoms with E-state index in [-0.39, 0.29) is 23.0 Å². The fraction of sp³-hybridized carbons (Fsp3) is 0.103. The first-order valence-electron chi connectivity index (χ1n) is 11.6. The molecule has 212 valence electrons. The van der Waals surface area contributed by atoms with E-state index in [0.29, 0.717) is 5.56 Å². The third-order valence-electron chi connectivity index (χ3n) is 5.07. The minimum atomic E-state index is -1.01. The molecule has 0 N–H and O–H groups in total. The van der Waals surface area contributed by atoms with Gasteiger partial charge >= 0.3 is 23.9 Å². The van der Waals surface area contributed by atoms with Crippen molar-refractivity contribution in [3.8, 4) is 23.0 Å². The van der Waals surface area contributed by atoms with Gasteiger partial charge in [-0.1, -0.05) is 13.2 Å². The molecule has 0 bridgehead atoms. The van der Waals surface area contributed by atoms with Gasteiger partial charge in [0.2, 0.25) is 13.6 Å². The largest absolute Gasteiger partial charge is 0.457 e. The molecule has 3 aromatic carbocycles. The zero-order valence-electron chi connectivity index (χ0n) is 21.5. The van der Waals surface area contributed by atoms with Crippen LogP contribution in [0.1, 0.15) is 26.3 Å². The van der Waals surface area contributed by atoms with Gasteiger partial charge in [0.1, 0.15) is 34.6 Å². The highest BCUT2D eigenvalue weighted by Crippen LogP contribution is 2.27. The van der Waals surface area contributed by atoms with Crippen molar-refractivity contribution in [3.63, 3.8) is 0 Å². The number of rotatable bonds is 12. The third kappa shape index (κ3) is 8.48. The van der Waals surface area contributed by atoms with E-state index in [0.717, 1.165) is 36.4 Å². The van der Waals surface area contributed by atoms with Crippen molar-refractivity contribution in [2.24, 2.45) is 0 Å². The molecule has 41 heavy (non-hydrogen) atoms. The number of hydrogen-bond donors (Lipinski definition) is 0. The fourth-order valence-corrected chi connectivity index (χ4v) is 3.05. The predicted molar refractivity (Wildman–Crippen MR) is 137 cm³/mol. The first kappa shape index (κ1) is 30.0. The summed E-state index contributed by atoms with van der Waals surface area (Å²) in [6, 6.07) is 10.6. The molecule has 0 aromatic heterocycles. The summed E-state index contributed by atoms with van der Waals surface area (Å²) < 4.78 is 58.8. The van der Waals surface area contributed by atoms with Gasteiger partial charge in [-0.3, -0.25) is 0 Å². The Morgan fingerprint density at radius 2 is 1.15 bits per heavy atom. The first-order valence-corrected chi connectivity index (χ1v) is 11.6. The highest BCUT2D eigenvalue weighted by molar-refractivity contribution is 5.92. The van der Waals surface area contributed by atoms with Crippen LogP contribution in [-0.2, 0) is 19.1 Å². The van der Waals surface area contributed by atoms with Gasteiger partial charge in [0.25, 0.3) is 0 Å². The van der Waals surface area contributed by atoms with E-state index in [2.05, 4.69) is 22.6 Å². The lowest BCUT2D eigenvalue weighted by Gasteiger charge is -2.12. The summed E-state index contributed by atoms with van der Waals surface area (Å²) in [5, 5.41) is 0. The Labute approximate surface area is 232 Å². The lowest BCUT2D eigenvalue weighted by Crippen LogP contribution is -2.13. The van der Waals surface area contributed by atoms with Crippen LogP contribution < -0.4 is 18.9 Å². The van der Waals surface area contributed by atoms with Crippen LogP contribution in [0.4, 0.5) is 8.78 Å². The van der Waals surface area contributed by atoms with E-state index in [4.69, 9.17) is 18.9 Å². The summed E-state index contributed by atoms with van der Waals surface area (Å²) in [5.41, 5.74) is -0.432.